The Morgan fingerprint density at radius 3 is 2.90 bits per heavy atom. The molecule has 3 rings (SSSR count). The number of halogens is 2. The molecule has 0 radical (unpaired) electrons. The molecule has 1 fully saturated rings. The van der Waals surface area contributed by atoms with E-state index in [0.717, 1.165) is 0 Å². The van der Waals surface area contributed by atoms with Gasteiger partial charge in [0.1, 0.15) is 0 Å². The van der Waals surface area contributed by atoms with Crippen molar-refractivity contribution in [3.05, 3.63) is 18.2 Å². The molecule has 2 heterocycles. The first-order valence-electron chi connectivity index (χ1n) is 6.20. The number of nitrogens with one attached hydrogen (secondary N) is 2. The second-order valence-corrected chi connectivity index (χ2v) is 4.47. The summed E-state index contributed by atoms with van der Waals surface area (Å²) in [5.74, 6) is 0.0124. The Balaban J connectivity index is 1.56. The average molecular weight is 285 g/mol. The summed E-state index contributed by atoms with van der Waals surface area (Å²) in [7, 11) is 0. The molecule has 1 aromatic rings. The molecular weight excluding hydrogens is 272 g/mol. The van der Waals surface area contributed by atoms with Crippen molar-refractivity contribution in [3.8, 4) is 11.5 Å². The monoisotopic (exact) mass is 285 g/mol. The lowest BCUT2D eigenvalue weighted by Crippen LogP contribution is -2.32. The maximum absolute atomic E-state index is 12.9. The minimum absolute atomic E-state index is 0.00100. The van der Waals surface area contributed by atoms with E-state index in [1.165, 1.54) is 12.1 Å². The second kappa shape index (κ2) is 4.69. The molecule has 2 aliphatic heterocycles. The molecule has 0 unspecified atom stereocenters. The molecule has 1 aromatic carbocycles. The number of anilines is 1. The van der Waals surface area contributed by atoms with E-state index >= 15 is 0 Å². The highest BCUT2D eigenvalue weighted by atomic mass is 19.3. The lowest BCUT2D eigenvalue weighted by molar-refractivity contribution is -0.286. The lowest BCUT2D eigenvalue weighted by atomic mass is 10.3. The van der Waals surface area contributed by atoms with Crippen molar-refractivity contribution in [1.29, 1.82) is 0 Å². The zero-order valence-corrected chi connectivity index (χ0v) is 10.5. The van der Waals surface area contributed by atoms with E-state index in [9.17, 15) is 13.6 Å². The highest BCUT2D eigenvalue weighted by molar-refractivity contribution is 5.76. The third-order valence-electron chi connectivity index (χ3n) is 3.06. The number of nitrogens with zero attached hydrogens (tertiary/aromatic N) is 1. The van der Waals surface area contributed by atoms with E-state index in [4.69, 9.17) is 0 Å². The quantitative estimate of drug-likeness (QED) is 0.879. The van der Waals surface area contributed by atoms with E-state index in [2.05, 4.69) is 20.1 Å². The molecule has 108 valence electrons. The Morgan fingerprint density at radius 1 is 1.35 bits per heavy atom. The van der Waals surface area contributed by atoms with Crippen molar-refractivity contribution in [2.75, 3.05) is 31.5 Å². The summed E-state index contributed by atoms with van der Waals surface area (Å²) in [6, 6.07) is 4.40. The SMILES string of the molecule is O=C1NCCN1CCNc1ccc2c(c1)OC(F)(F)O2. The summed E-state index contributed by atoms with van der Waals surface area (Å²) in [5.41, 5.74) is 0.629. The van der Waals surface area contributed by atoms with Gasteiger partial charge in [-0.15, -0.1) is 8.78 Å². The van der Waals surface area contributed by atoms with Gasteiger partial charge < -0.3 is 25.0 Å². The summed E-state index contributed by atoms with van der Waals surface area (Å²) in [4.78, 5) is 13.0. The number of amides is 2. The molecule has 20 heavy (non-hydrogen) atoms. The number of hydrogen-bond donors (Lipinski definition) is 2. The fourth-order valence-electron chi connectivity index (χ4n) is 2.12. The largest absolute Gasteiger partial charge is 0.586 e. The van der Waals surface area contributed by atoms with Crippen LogP contribution in [0.1, 0.15) is 0 Å². The summed E-state index contributed by atoms with van der Waals surface area (Å²) in [6.45, 7) is 2.38. The number of ether oxygens (including phenoxy) is 2. The Hall–Kier alpha value is -2.25. The molecule has 8 heteroatoms. The fourth-order valence-corrected chi connectivity index (χ4v) is 2.12. The van der Waals surface area contributed by atoms with Crippen LogP contribution in [0.2, 0.25) is 0 Å². The molecule has 0 atom stereocenters. The normalized spacial score (nSPS) is 19.1. The Kier molecular flexibility index (Phi) is 3.00. The van der Waals surface area contributed by atoms with Crippen LogP contribution in [0.15, 0.2) is 18.2 Å². The highest BCUT2D eigenvalue weighted by Crippen LogP contribution is 2.42. The summed E-state index contributed by atoms with van der Waals surface area (Å²) in [6.07, 6.45) is -3.60. The number of carbonyl (C=O) groups is 1. The Morgan fingerprint density at radius 2 is 2.15 bits per heavy atom. The zero-order chi connectivity index (χ0) is 14.2. The number of benzene rings is 1. The number of alkyl halides is 2. The average Bonchev–Trinajstić information content (AvgIpc) is 2.91. The standard InChI is InChI=1S/C12H13F2N3O3/c13-12(14)19-9-2-1-8(7-10(9)20-12)15-3-5-17-6-4-16-11(17)18/h1-2,7,15H,3-6H2,(H,16,18). The summed E-state index contributed by atoms with van der Waals surface area (Å²) >= 11 is 0. The van der Waals surface area contributed by atoms with Crippen LogP contribution in [-0.2, 0) is 0 Å². The highest BCUT2D eigenvalue weighted by Gasteiger charge is 2.43. The van der Waals surface area contributed by atoms with Gasteiger partial charge in [0.05, 0.1) is 0 Å². The second-order valence-electron chi connectivity index (χ2n) is 4.47. The van der Waals surface area contributed by atoms with Crippen LogP contribution in [-0.4, -0.2) is 43.4 Å². The van der Waals surface area contributed by atoms with E-state index in [1.54, 1.807) is 11.0 Å². The third-order valence-corrected chi connectivity index (χ3v) is 3.06. The molecule has 2 aliphatic rings. The molecular formula is C12H13F2N3O3. The molecule has 0 spiro atoms. The molecule has 2 amide bonds. The van der Waals surface area contributed by atoms with Crippen molar-refractivity contribution in [3.63, 3.8) is 0 Å². The number of rotatable bonds is 4. The molecule has 2 N–H and O–H groups in total. The number of fused-ring (bicyclic) bond motifs is 1. The van der Waals surface area contributed by atoms with Gasteiger partial charge in [0.2, 0.25) is 0 Å². The van der Waals surface area contributed by atoms with Gasteiger partial charge in [-0.25, -0.2) is 4.79 Å². The summed E-state index contributed by atoms with van der Waals surface area (Å²) < 4.78 is 34.4. The molecule has 0 saturated carbocycles. The predicted octanol–water partition coefficient (Wildman–Crippen LogP) is 1.45. The van der Waals surface area contributed by atoms with E-state index < -0.39 is 6.29 Å². The van der Waals surface area contributed by atoms with Crippen molar-refractivity contribution >= 4 is 11.7 Å². The van der Waals surface area contributed by atoms with Gasteiger partial charge in [-0.2, -0.15) is 0 Å². The minimum atomic E-state index is -3.60. The van der Waals surface area contributed by atoms with Crippen LogP contribution in [0.3, 0.4) is 0 Å². The topological polar surface area (TPSA) is 62.8 Å². The number of carbonyl (C=O) groups excluding carboxylic acids is 1. The maximum Gasteiger partial charge on any atom is 0.586 e. The van der Waals surface area contributed by atoms with Crippen LogP contribution in [0, 0.1) is 0 Å². The fraction of sp³-hybridized carbons (Fsp3) is 0.417. The summed E-state index contributed by atoms with van der Waals surface area (Å²) in [5, 5.41) is 5.75. The Bertz CT molecular complexity index is 539. The van der Waals surface area contributed by atoms with Crippen molar-refractivity contribution in [2.45, 2.75) is 6.29 Å². The number of urea groups is 1. The van der Waals surface area contributed by atoms with Gasteiger partial charge >= 0.3 is 12.3 Å². The van der Waals surface area contributed by atoms with Crippen LogP contribution >= 0.6 is 0 Å². The van der Waals surface area contributed by atoms with E-state index in [0.29, 0.717) is 31.9 Å². The third kappa shape index (κ3) is 2.54. The first-order chi connectivity index (χ1) is 9.53. The van der Waals surface area contributed by atoms with Gasteiger partial charge in [-0.3, -0.25) is 0 Å². The van der Waals surface area contributed by atoms with Gasteiger partial charge in [-0.1, -0.05) is 0 Å². The first-order valence-corrected chi connectivity index (χ1v) is 6.20. The van der Waals surface area contributed by atoms with Gasteiger partial charge in [0, 0.05) is 37.9 Å². The van der Waals surface area contributed by atoms with Crippen LogP contribution in [0.5, 0.6) is 11.5 Å². The van der Waals surface area contributed by atoms with Crippen LogP contribution in [0.25, 0.3) is 0 Å². The van der Waals surface area contributed by atoms with Gasteiger partial charge in [-0.05, 0) is 12.1 Å². The zero-order valence-electron chi connectivity index (χ0n) is 10.5. The maximum atomic E-state index is 12.9. The molecule has 1 saturated heterocycles. The molecule has 6 nitrogen and oxygen atoms in total. The van der Waals surface area contributed by atoms with E-state index in [1.807, 2.05) is 0 Å². The Labute approximate surface area is 113 Å². The van der Waals surface area contributed by atoms with E-state index in [-0.39, 0.29) is 17.5 Å². The van der Waals surface area contributed by atoms with Crippen molar-refractivity contribution < 1.29 is 23.0 Å². The van der Waals surface area contributed by atoms with Gasteiger partial charge in [0.15, 0.2) is 11.5 Å². The predicted molar refractivity (Wildman–Crippen MR) is 66.1 cm³/mol. The molecule has 0 bridgehead atoms. The van der Waals surface area contributed by atoms with Crippen LogP contribution in [0.4, 0.5) is 19.3 Å². The minimum Gasteiger partial charge on any atom is -0.395 e. The van der Waals surface area contributed by atoms with Crippen molar-refractivity contribution in [1.82, 2.24) is 10.2 Å². The van der Waals surface area contributed by atoms with Crippen LogP contribution < -0.4 is 20.1 Å². The lowest BCUT2D eigenvalue weighted by Gasteiger charge is -2.14. The molecule has 0 aliphatic carbocycles. The molecule has 0 aromatic heterocycles. The van der Waals surface area contributed by atoms with Crippen molar-refractivity contribution in [2.24, 2.45) is 0 Å². The van der Waals surface area contributed by atoms with Gasteiger partial charge in [0.25, 0.3) is 0 Å². The number of hydrogen-bond acceptors (Lipinski definition) is 4. The first kappa shape index (κ1) is 12.8. The smallest absolute Gasteiger partial charge is 0.395 e.